The van der Waals surface area contributed by atoms with E-state index in [1.165, 1.54) is 0 Å². The van der Waals surface area contributed by atoms with Crippen LogP contribution in [0.2, 0.25) is 0 Å². The summed E-state index contributed by atoms with van der Waals surface area (Å²) in [6.07, 6.45) is 3.68. The van der Waals surface area contributed by atoms with Crippen molar-refractivity contribution in [3.63, 3.8) is 0 Å². The van der Waals surface area contributed by atoms with Crippen molar-refractivity contribution in [3.8, 4) is 5.75 Å². The molecule has 0 unspecified atom stereocenters. The largest absolute Gasteiger partial charge is 0.497 e. The highest BCUT2D eigenvalue weighted by molar-refractivity contribution is 5.93. The molecule has 0 aromatic heterocycles. The number of hydrogen-bond acceptors (Lipinski definition) is 2. The molecule has 0 radical (unpaired) electrons. The van der Waals surface area contributed by atoms with E-state index in [4.69, 9.17) is 10.1 Å². The minimum Gasteiger partial charge on any atom is -0.497 e. The summed E-state index contributed by atoms with van der Waals surface area (Å²) in [6, 6.07) is 17.8. The van der Waals surface area contributed by atoms with Gasteiger partial charge < -0.3 is 10.1 Å². The molecule has 0 fully saturated rings. The lowest BCUT2D eigenvalue weighted by Gasteiger charge is -2.06. The molecule has 2 rings (SSSR count). The number of methoxy groups -OCH3 is 1. The van der Waals surface area contributed by atoms with Crippen LogP contribution in [-0.2, 0) is 6.54 Å². The number of hydrogen-bond donors (Lipinski definition) is 2. The zero-order chi connectivity index (χ0) is 14.2. The van der Waals surface area contributed by atoms with Gasteiger partial charge in [0.05, 0.1) is 7.11 Å². The van der Waals surface area contributed by atoms with E-state index in [9.17, 15) is 0 Å². The number of amidine groups is 1. The summed E-state index contributed by atoms with van der Waals surface area (Å²) in [5.74, 6) is 1.22. The molecule has 0 heterocycles. The summed E-state index contributed by atoms with van der Waals surface area (Å²) in [4.78, 5) is 0. The Bertz CT molecular complexity index is 597. The highest BCUT2D eigenvalue weighted by Crippen LogP contribution is 2.12. The van der Waals surface area contributed by atoms with Gasteiger partial charge in [-0.2, -0.15) is 0 Å². The van der Waals surface area contributed by atoms with Crippen LogP contribution in [0.4, 0.5) is 0 Å². The average molecular weight is 303 g/mol. The molecule has 0 saturated carbocycles. The normalized spacial score (nSPS) is 9.95. The second kappa shape index (κ2) is 8.82. The van der Waals surface area contributed by atoms with Gasteiger partial charge in [0.25, 0.3) is 0 Å². The van der Waals surface area contributed by atoms with Crippen LogP contribution < -0.4 is 10.1 Å². The first-order chi connectivity index (χ1) is 9.78. The highest BCUT2D eigenvalue weighted by Gasteiger charge is 1.96. The van der Waals surface area contributed by atoms with E-state index in [1.54, 1.807) is 13.2 Å². The molecule has 0 spiro atoms. The summed E-state index contributed by atoms with van der Waals surface area (Å²) in [6.45, 7) is 0.606. The van der Waals surface area contributed by atoms with Gasteiger partial charge >= 0.3 is 0 Å². The maximum absolute atomic E-state index is 7.86. The second-order valence-electron chi connectivity index (χ2n) is 4.36. The molecule has 3 nitrogen and oxygen atoms in total. The van der Waals surface area contributed by atoms with Crippen LogP contribution in [-0.4, -0.2) is 12.9 Å². The maximum Gasteiger partial charge on any atom is 0.119 e. The van der Waals surface area contributed by atoms with Crippen molar-refractivity contribution < 1.29 is 4.74 Å². The zero-order valence-corrected chi connectivity index (χ0v) is 12.7. The summed E-state index contributed by atoms with van der Waals surface area (Å²) < 4.78 is 5.17. The molecule has 0 amide bonds. The predicted molar refractivity (Wildman–Crippen MR) is 90.3 cm³/mol. The molecule has 0 atom stereocenters. The highest BCUT2D eigenvalue weighted by atomic mass is 35.5. The van der Waals surface area contributed by atoms with E-state index in [1.807, 2.05) is 60.7 Å². The fourth-order valence-corrected chi connectivity index (χ4v) is 1.78. The van der Waals surface area contributed by atoms with Gasteiger partial charge in [-0.25, -0.2) is 0 Å². The third-order valence-electron chi connectivity index (χ3n) is 2.86. The molecule has 0 bridgehead atoms. The van der Waals surface area contributed by atoms with Gasteiger partial charge in [0.1, 0.15) is 11.6 Å². The van der Waals surface area contributed by atoms with E-state index in [0.29, 0.717) is 12.4 Å². The number of benzene rings is 2. The van der Waals surface area contributed by atoms with Gasteiger partial charge in [-0.1, -0.05) is 48.5 Å². The second-order valence-corrected chi connectivity index (χ2v) is 4.36. The molecule has 0 aliphatic carbocycles. The van der Waals surface area contributed by atoms with Crippen molar-refractivity contribution in [2.45, 2.75) is 6.54 Å². The zero-order valence-electron chi connectivity index (χ0n) is 11.9. The van der Waals surface area contributed by atoms with Crippen LogP contribution in [0.15, 0.2) is 60.7 Å². The van der Waals surface area contributed by atoms with Crippen LogP contribution >= 0.6 is 12.4 Å². The lowest BCUT2D eigenvalue weighted by atomic mass is 10.2. The monoisotopic (exact) mass is 302 g/mol. The van der Waals surface area contributed by atoms with Gasteiger partial charge in [0.15, 0.2) is 0 Å². The Hall–Kier alpha value is -2.26. The quantitative estimate of drug-likeness (QED) is 0.650. The van der Waals surface area contributed by atoms with Gasteiger partial charge in [-0.05, 0) is 29.3 Å². The average Bonchev–Trinajstić information content (AvgIpc) is 2.52. The molecule has 21 heavy (non-hydrogen) atoms. The van der Waals surface area contributed by atoms with Crippen molar-refractivity contribution in [1.82, 2.24) is 5.32 Å². The summed E-state index contributed by atoms with van der Waals surface area (Å²) >= 11 is 0. The van der Waals surface area contributed by atoms with E-state index in [2.05, 4.69) is 5.32 Å². The smallest absolute Gasteiger partial charge is 0.119 e. The number of nitrogens with one attached hydrogen (secondary N) is 2. The fourth-order valence-electron chi connectivity index (χ4n) is 1.78. The molecule has 2 aromatic carbocycles. The number of rotatable bonds is 5. The SMILES string of the molecule is COc1cccc(CNC(=N)C=Cc2ccccc2)c1.Cl. The van der Waals surface area contributed by atoms with Crippen LogP contribution in [0.5, 0.6) is 5.75 Å². The Morgan fingerprint density at radius 1 is 1.14 bits per heavy atom. The van der Waals surface area contributed by atoms with Gasteiger partial charge in [0, 0.05) is 6.54 Å². The van der Waals surface area contributed by atoms with Crippen molar-refractivity contribution >= 4 is 24.3 Å². The standard InChI is InChI=1S/C17H18N2O.ClH/c1-20-16-9-5-8-15(12-16)13-19-17(18)11-10-14-6-3-2-4-7-14;/h2-12H,13H2,1H3,(H2,18,19);1H. The van der Waals surface area contributed by atoms with E-state index in [0.717, 1.165) is 16.9 Å². The first kappa shape index (κ1) is 16.8. The molecule has 2 aromatic rings. The van der Waals surface area contributed by atoms with Crippen LogP contribution in [0.3, 0.4) is 0 Å². The van der Waals surface area contributed by atoms with Gasteiger partial charge in [-0.15, -0.1) is 12.4 Å². The van der Waals surface area contributed by atoms with Crippen LogP contribution in [0, 0.1) is 5.41 Å². The van der Waals surface area contributed by atoms with Crippen LogP contribution in [0.1, 0.15) is 11.1 Å². The fraction of sp³-hybridized carbons (Fsp3) is 0.118. The summed E-state index contributed by atoms with van der Waals surface area (Å²) in [5, 5.41) is 10.9. The first-order valence-electron chi connectivity index (χ1n) is 6.46. The Morgan fingerprint density at radius 2 is 1.90 bits per heavy atom. The van der Waals surface area contributed by atoms with Gasteiger partial charge in [0.2, 0.25) is 0 Å². The Balaban J connectivity index is 0.00000220. The molecule has 2 N–H and O–H groups in total. The minimum atomic E-state index is 0. The Labute approximate surface area is 131 Å². The van der Waals surface area contributed by atoms with E-state index in [-0.39, 0.29) is 12.4 Å². The number of halogens is 1. The number of ether oxygens (including phenoxy) is 1. The van der Waals surface area contributed by atoms with Crippen LogP contribution in [0.25, 0.3) is 6.08 Å². The molecule has 0 aliphatic heterocycles. The first-order valence-corrected chi connectivity index (χ1v) is 6.46. The molecule has 4 heteroatoms. The molecular formula is C17H19ClN2O. The molecule has 0 saturated heterocycles. The topological polar surface area (TPSA) is 45.1 Å². The Kier molecular flexibility index (Phi) is 7.05. The third kappa shape index (κ3) is 5.71. The predicted octanol–water partition coefficient (Wildman–Crippen LogP) is 3.90. The lowest BCUT2D eigenvalue weighted by molar-refractivity contribution is 0.414. The van der Waals surface area contributed by atoms with E-state index < -0.39 is 0 Å². The summed E-state index contributed by atoms with van der Waals surface area (Å²) in [5.41, 5.74) is 2.17. The van der Waals surface area contributed by atoms with Crippen molar-refractivity contribution in [1.29, 1.82) is 5.41 Å². The molecule has 110 valence electrons. The summed E-state index contributed by atoms with van der Waals surface area (Å²) in [7, 11) is 1.65. The molecular weight excluding hydrogens is 284 g/mol. The van der Waals surface area contributed by atoms with Crippen molar-refractivity contribution in [2.24, 2.45) is 0 Å². The maximum atomic E-state index is 7.86. The Morgan fingerprint density at radius 3 is 2.62 bits per heavy atom. The van der Waals surface area contributed by atoms with E-state index >= 15 is 0 Å². The minimum absolute atomic E-state index is 0. The molecule has 0 aliphatic rings. The third-order valence-corrected chi connectivity index (χ3v) is 2.86. The lowest BCUT2D eigenvalue weighted by Crippen LogP contribution is -2.19. The van der Waals surface area contributed by atoms with Gasteiger partial charge in [-0.3, -0.25) is 5.41 Å². The van der Waals surface area contributed by atoms with Crippen molar-refractivity contribution in [3.05, 3.63) is 71.8 Å². The van der Waals surface area contributed by atoms with Crippen molar-refractivity contribution in [2.75, 3.05) is 7.11 Å².